The predicted octanol–water partition coefficient (Wildman–Crippen LogP) is -3.42. The van der Waals surface area contributed by atoms with E-state index in [4.69, 9.17) is 10.2 Å². The van der Waals surface area contributed by atoms with Crippen LogP contribution in [-0.4, -0.2) is 34.0 Å². The van der Waals surface area contributed by atoms with Crippen molar-refractivity contribution in [2.75, 3.05) is 6.16 Å². The van der Waals surface area contributed by atoms with Gasteiger partial charge in [0.25, 0.3) is 0 Å². The number of carboxylic acid groups (broad SMARTS) is 2. The summed E-state index contributed by atoms with van der Waals surface area (Å²) in [5, 5.41) is 16.7. The molecule has 0 aliphatic heterocycles. The molecule has 8 heteroatoms. The third-order valence-electron chi connectivity index (χ3n) is 1.57. The van der Waals surface area contributed by atoms with E-state index in [-0.39, 0.29) is 35.7 Å². The summed E-state index contributed by atoms with van der Waals surface area (Å²) in [5.74, 6) is -3.04. The molecule has 0 saturated carbocycles. The number of rotatable bonds is 5. The molecule has 0 amide bonds. The molecule has 0 fully saturated rings. The minimum atomic E-state index is -4.12. The van der Waals surface area contributed by atoms with E-state index in [1.807, 2.05) is 0 Å². The predicted molar refractivity (Wildman–Crippen MR) is 41.8 cm³/mol. The Labute approximate surface area is 103 Å². The molecule has 0 radical (unpaired) electrons. The van der Waals surface area contributed by atoms with Crippen molar-refractivity contribution in [1.29, 1.82) is 0 Å². The van der Waals surface area contributed by atoms with Gasteiger partial charge in [-0.2, -0.15) is 0 Å². The van der Waals surface area contributed by atoms with Crippen LogP contribution in [-0.2, 0) is 14.2 Å². The van der Waals surface area contributed by atoms with Crippen molar-refractivity contribution in [1.82, 2.24) is 0 Å². The van der Waals surface area contributed by atoms with Gasteiger partial charge in [-0.05, 0) is 6.16 Å². The molecule has 0 rings (SSSR count). The maximum Gasteiger partial charge on any atom is 1.00 e. The summed E-state index contributed by atoms with van der Waals surface area (Å²) in [6.45, 7) is 1.28. The largest absolute Gasteiger partial charge is 1.00 e. The maximum absolute atomic E-state index is 11.1. The molecule has 76 valence electrons. The molecule has 2 unspecified atom stereocenters. The van der Waals surface area contributed by atoms with Crippen LogP contribution in [0.5, 0.6) is 0 Å². The number of carboxylic acids is 2. The molecule has 0 aliphatic rings. The summed E-state index contributed by atoms with van der Waals surface area (Å²) in [5.41, 5.74) is -1.81. The number of hydrogen-bond donors (Lipinski definition) is 2. The van der Waals surface area contributed by atoms with Gasteiger partial charge in [0.2, 0.25) is 0 Å². The second-order valence-corrected chi connectivity index (χ2v) is 5.20. The van der Waals surface area contributed by atoms with Gasteiger partial charge in [0.1, 0.15) is 5.66 Å². The Morgan fingerprint density at radius 2 is 1.86 bits per heavy atom. The van der Waals surface area contributed by atoms with Crippen molar-refractivity contribution in [2.24, 2.45) is 0 Å². The van der Waals surface area contributed by atoms with Gasteiger partial charge >= 0.3 is 41.5 Å². The molecule has 0 heterocycles. The van der Waals surface area contributed by atoms with Gasteiger partial charge in [-0.3, -0.25) is 9.59 Å². The molecule has 2 atom stereocenters. The number of carbonyl (C=O) groups is 2. The van der Waals surface area contributed by atoms with Crippen molar-refractivity contribution in [3.8, 4) is 0 Å². The monoisotopic (exact) mass is 232 g/mol. The fourth-order valence-corrected chi connectivity index (χ4v) is 1.99. The second kappa shape index (κ2) is 6.58. The van der Waals surface area contributed by atoms with E-state index >= 15 is 0 Å². The molecule has 0 aliphatic carbocycles. The van der Waals surface area contributed by atoms with Crippen LogP contribution < -0.4 is 34.5 Å². The van der Waals surface area contributed by atoms with Crippen LogP contribution in [0.2, 0.25) is 0 Å². The summed E-state index contributed by atoms with van der Waals surface area (Å²) in [6, 6.07) is 0. The topological polar surface area (TPSA) is 115 Å². The Balaban J connectivity index is 0. The van der Waals surface area contributed by atoms with Crippen molar-refractivity contribution in [3.63, 3.8) is 0 Å². The average Bonchev–Trinajstić information content (AvgIpc) is 1.99. The molecule has 14 heavy (non-hydrogen) atoms. The Morgan fingerprint density at radius 1 is 1.43 bits per heavy atom. The fourth-order valence-electron chi connectivity index (χ4n) is 0.780. The quantitative estimate of drug-likeness (QED) is 0.376. The SMILES string of the molecule is CCP(=O)([O-])C(CC(=O)O)C(=O)O.[Na+]. The smallest absolute Gasteiger partial charge is 0.799 e. The van der Waals surface area contributed by atoms with E-state index in [9.17, 15) is 19.0 Å². The van der Waals surface area contributed by atoms with Crippen LogP contribution in [0, 0.1) is 0 Å². The van der Waals surface area contributed by atoms with Gasteiger partial charge in [-0.15, -0.1) is 0 Å². The number of hydrogen-bond acceptors (Lipinski definition) is 4. The van der Waals surface area contributed by atoms with Crippen LogP contribution in [0.25, 0.3) is 0 Å². The minimum absolute atomic E-state index is 0. The molecular weight excluding hydrogens is 222 g/mol. The maximum atomic E-state index is 11.1. The first kappa shape index (κ1) is 16.6. The van der Waals surface area contributed by atoms with Crippen molar-refractivity contribution >= 4 is 19.3 Å². The third kappa shape index (κ3) is 5.12. The standard InChI is InChI=1S/C6H11O6P.Na/c1-2-13(11,12)4(6(9)10)3-5(7)8;/h4H,2-3H2,1H3,(H,7,8)(H,9,10)(H,11,12);/q;+1/p-1. The fraction of sp³-hybridized carbons (Fsp3) is 0.667. The second-order valence-electron chi connectivity index (χ2n) is 2.49. The van der Waals surface area contributed by atoms with Crippen molar-refractivity contribution in [3.05, 3.63) is 0 Å². The van der Waals surface area contributed by atoms with Gasteiger partial charge in [0.05, 0.1) is 6.42 Å². The molecule has 0 aromatic heterocycles. The first-order valence-corrected chi connectivity index (χ1v) is 5.43. The summed E-state index contributed by atoms with van der Waals surface area (Å²) >= 11 is 0. The van der Waals surface area contributed by atoms with E-state index < -0.39 is 31.4 Å². The molecule has 0 saturated heterocycles. The van der Waals surface area contributed by atoms with Gasteiger partial charge in [0, 0.05) is 7.37 Å². The van der Waals surface area contributed by atoms with E-state index in [1.165, 1.54) is 6.92 Å². The number of aliphatic carboxylic acids is 2. The van der Waals surface area contributed by atoms with E-state index in [0.29, 0.717) is 0 Å². The van der Waals surface area contributed by atoms with Gasteiger partial charge < -0.3 is 19.7 Å². The third-order valence-corrected chi connectivity index (χ3v) is 3.80. The van der Waals surface area contributed by atoms with Crippen molar-refractivity contribution < 1.29 is 58.8 Å². The van der Waals surface area contributed by atoms with Crippen LogP contribution >= 0.6 is 7.37 Å². The van der Waals surface area contributed by atoms with Gasteiger partial charge in [-0.25, -0.2) is 0 Å². The van der Waals surface area contributed by atoms with E-state index in [2.05, 4.69) is 0 Å². The molecule has 0 aromatic rings. The molecule has 2 N–H and O–H groups in total. The van der Waals surface area contributed by atoms with Crippen molar-refractivity contribution in [2.45, 2.75) is 19.0 Å². The van der Waals surface area contributed by atoms with Gasteiger partial charge in [0.15, 0.2) is 0 Å². The van der Waals surface area contributed by atoms with Crippen LogP contribution in [0.3, 0.4) is 0 Å². The van der Waals surface area contributed by atoms with Gasteiger partial charge in [-0.1, -0.05) is 6.92 Å². The Morgan fingerprint density at radius 3 is 2.07 bits per heavy atom. The Hall–Kier alpha value is 0.130. The zero-order chi connectivity index (χ0) is 10.6. The van der Waals surface area contributed by atoms with E-state index in [0.717, 1.165) is 0 Å². The first-order chi connectivity index (χ1) is 5.81. The van der Waals surface area contributed by atoms with Crippen LogP contribution in [0.15, 0.2) is 0 Å². The Bertz CT molecular complexity index is 265. The summed E-state index contributed by atoms with van der Waals surface area (Å²) in [7, 11) is -4.12. The average molecular weight is 232 g/mol. The van der Waals surface area contributed by atoms with Crippen LogP contribution in [0.4, 0.5) is 0 Å². The summed E-state index contributed by atoms with van der Waals surface area (Å²) in [4.78, 5) is 31.6. The molecule has 0 aromatic carbocycles. The molecule has 0 spiro atoms. The zero-order valence-electron chi connectivity index (χ0n) is 7.97. The molecular formula is C6H10NaO6P. The minimum Gasteiger partial charge on any atom is -0.799 e. The normalized spacial score (nSPS) is 16.1. The summed E-state index contributed by atoms with van der Waals surface area (Å²) in [6.07, 6.45) is -1.23. The first-order valence-electron chi connectivity index (χ1n) is 3.55. The molecule has 6 nitrogen and oxygen atoms in total. The van der Waals surface area contributed by atoms with E-state index in [1.54, 1.807) is 0 Å². The van der Waals surface area contributed by atoms with Crippen LogP contribution in [0.1, 0.15) is 13.3 Å². The Kier molecular flexibility index (Phi) is 7.79. The summed E-state index contributed by atoms with van der Waals surface area (Å²) < 4.78 is 11.1. The zero-order valence-corrected chi connectivity index (χ0v) is 10.9. The molecule has 0 bridgehead atoms.